The molecule has 1 saturated heterocycles. The van der Waals surface area contributed by atoms with E-state index >= 15 is 0 Å². The minimum atomic E-state index is -0.859. The van der Waals surface area contributed by atoms with E-state index in [1.165, 1.54) is 18.2 Å². The minimum Gasteiger partial charge on any atom is -0.457 e. The lowest BCUT2D eigenvalue weighted by Gasteiger charge is -2.26. The molecule has 10 heteroatoms. The van der Waals surface area contributed by atoms with Crippen molar-refractivity contribution in [3.8, 4) is 11.3 Å². The molecule has 0 aliphatic carbocycles. The van der Waals surface area contributed by atoms with Gasteiger partial charge in [0.1, 0.15) is 17.1 Å². The molecule has 3 aromatic rings. The molecular formula is C22H14BrN3O6. The molecule has 2 heterocycles. The number of carbonyl (C=O) groups excluding carboxylic acids is 3. The van der Waals surface area contributed by atoms with E-state index in [2.05, 4.69) is 21.2 Å². The Hall–Kier alpha value is -4.05. The highest BCUT2D eigenvalue weighted by molar-refractivity contribution is 9.10. The Labute approximate surface area is 189 Å². The highest BCUT2D eigenvalue weighted by atomic mass is 79.9. The van der Waals surface area contributed by atoms with Crippen molar-refractivity contribution in [3.05, 3.63) is 86.1 Å². The molecule has 1 aliphatic rings. The molecule has 1 N–H and O–H groups in total. The van der Waals surface area contributed by atoms with E-state index < -0.39 is 22.8 Å². The highest BCUT2D eigenvalue weighted by Crippen LogP contribution is 2.30. The van der Waals surface area contributed by atoms with Crippen LogP contribution in [0.4, 0.5) is 16.2 Å². The minimum absolute atomic E-state index is 0.0520. The number of urea groups is 1. The van der Waals surface area contributed by atoms with E-state index in [1.54, 1.807) is 49.4 Å². The predicted octanol–water partition coefficient (Wildman–Crippen LogP) is 4.59. The first-order valence-corrected chi connectivity index (χ1v) is 10.1. The maximum absolute atomic E-state index is 12.9. The number of carbonyl (C=O) groups is 3. The predicted molar refractivity (Wildman–Crippen MR) is 119 cm³/mol. The fourth-order valence-electron chi connectivity index (χ4n) is 3.19. The van der Waals surface area contributed by atoms with E-state index in [1.807, 2.05) is 0 Å². The van der Waals surface area contributed by atoms with Gasteiger partial charge in [-0.15, -0.1) is 0 Å². The number of anilines is 1. The van der Waals surface area contributed by atoms with Crippen molar-refractivity contribution in [3.63, 3.8) is 0 Å². The van der Waals surface area contributed by atoms with Crippen LogP contribution in [0.1, 0.15) is 11.3 Å². The first kappa shape index (κ1) is 21.2. The van der Waals surface area contributed by atoms with Gasteiger partial charge in [-0.3, -0.25) is 25.0 Å². The van der Waals surface area contributed by atoms with Crippen molar-refractivity contribution >= 4 is 51.2 Å². The van der Waals surface area contributed by atoms with Crippen molar-refractivity contribution in [2.45, 2.75) is 6.92 Å². The number of nitro groups is 1. The van der Waals surface area contributed by atoms with Crippen LogP contribution in [0.5, 0.6) is 0 Å². The summed E-state index contributed by atoms with van der Waals surface area (Å²) < 4.78 is 6.34. The molecule has 9 nitrogen and oxygen atoms in total. The Kier molecular flexibility index (Phi) is 5.45. The maximum Gasteiger partial charge on any atom is 0.335 e. The first-order valence-electron chi connectivity index (χ1n) is 9.27. The van der Waals surface area contributed by atoms with E-state index in [0.717, 1.165) is 4.90 Å². The van der Waals surface area contributed by atoms with Crippen LogP contribution < -0.4 is 10.2 Å². The topological polar surface area (TPSA) is 123 Å². The Balaban J connectivity index is 1.68. The number of rotatable bonds is 4. The smallest absolute Gasteiger partial charge is 0.335 e. The van der Waals surface area contributed by atoms with Gasteiger partial charge in [-0.2, -0.15) is 0 Å². The van der Waals surface area contributed by atoms with Gasteiger partial charge in [-0.25, -0.2) is 9.69 Å². The molecule has 0 atom stereocenters. The molecule has 0 bridgehead atoms. The molecule has 32 heavy (non-hydrogen) atoms. The number of nitro benzene ring substituents is 1. The van der Waals surface area contributed by atoms with Crippen LogP contribution in [0.25, 0.3) is 17.4 Å². The molecule has 0 saturated carbocycles. The largest absolute Gasteiger partial charge is 0.457 e. The lowest BCUT2D eigenvalue weighted by Crippen LogP contribution is -2.54. The monoisotopic (exact) mass is 495 g/mol. The number of nitrogens with one attached hydrogen (secondary N) is 1. The number of hydrogen-bond acceptors (Lipinski definition) is 6. The Bertz CT molecular complexity index is 1330. The molecular weight excluding hydrogens is 482 g/mol. The van der Waals surface area contributed by atoms with Crippen LogP contribution in [0.15, 0.2) is 69.1 Å². The number of imide groups is 2. The van der Waals surface area contributed by atoms with E-state index in [4.69, 9.17) is 4.42 Å². The van der Waals surface area contributed by atoms with Crippen LogP contribution in [0, 0.1) is 17.0 Å². The molecule has 0 spiro atoms. The zero-order valence-corrected chi connectivity index (χ0v) is 18.1. The van der Waals surface area contributed by atoms with Crippen LogP contribution in [-0.2, 0) is 9.59 Å². The van der Waals surface area contributed by atoms with Crippen LogP contribution >= 0.6 is 15.9 Å². The molecule has 1 aromatic heterocycles. The first-order chi connectivity index (χ1) is 15.2. The summed E-state index contributed by atoms with van der Waals surface area (Å²) in [5.41, 5.74) is 0.920. The fraction of sp³-hybridized carbons (Fsp3) is 0.0455. The van der Waals surface area contributed by atoms with Gasteiger partial charge in [0.05, 0.1) is 10.6 Å². The lowest BCUT2D eigenvalue weighted by atomic mass is 10.1. The average molecular weight is 496 g/mol. The quantitative estimate of drug-likeness (QED) is 0.244. The van der Waals surface area contributed by atoms with Gasteiger partial charge in [-0.05, 0) is 43.3 Å². The highest BCUT2D eigenvalue weighted by Gasteiger charge is 2.37. The van der Waals surface area contributed by atoms with E-state index in [-0.39, 0.29) is 22.7 Å². The third kappa shape index (κ3) is 3.95. The molecule has 0 radical (unpaired) electrons. The summed E-state index contributed by atoms with van der Waals surface area (Å²) in [6.45, 7) is 1.63. The number of hydrogen-bond donors (Lipinski definition) is 1. The van der Waals surface area contributed by atoms with Crippen molar-refractivity contribution < 1.29 is 23.7 Å². The Morgan fingerprint density at radius 3 is 2.59 bits per heavy atom. The van der Waals surface area contributed by atoms with Gasteiger partial charge in [0.2, 0.25) is 0 Å². The van der Waals surface area contributed by atoms with Gasteiger partial charge in [0.25, 0.3) is 17.5 Å². The van der Waals surface area contributed by atoms with Crippen LogP contribution in [-0.4, -0.2) is 22.8 Å². The summed E-state index contributed by atoms with van der Waals surface area (Å²) in [4.78, 5) is 49.1. The zero-order chi connectivity index (χ0) is 23.0. The number of benzene rings is 2. The second-order valence-corrected chi connectivity index (χ2v) is 7.81. The Morgan fingerprint density at radius 2 is 1.88 bits per heavy atom. The standard InChI is InChI=1S/C22H14BrN3O6/c1-12-5-6-13(9-18(12)26(30)31)19-8-7-16(32-19)11-17-20(27)24-22(29)25(21(17)28)15-4-2-3-14(23)10-15/h2-11H,1H3,(H,24,27,29). The fourth-order valence-corrected chi connectivity index (χ4v) is 3.58. The van der Waals surface area contributed by atoms with Crippen molar-refractivity contribution in [1.82, 2.24) is 5.32 Å². The SMILES string of the molecule is Cc1ccc(-c2ccc(C=C3C(=O)NC(=O)N(c4cccc(Br)c4)C3=O)o2)cc1[N+](=O)[O-]. The van der Waals surface area contributed by atoms with Gasteiger partial charge >= 0.3 is 6.03 Å². The average Bonchev–Trinajstić information content (AvgIpc) is 3.20. The number of amides is 4. The molecule has 4 amide bonds. The molecule has 160 valence electrons. The molecule has 1 aliphatic heterocycles. The number of barbiturate groups is 1. The van der Waals surface area contributed by atoms with Gasteiger partial charge in [0, 0.05) is 21.7 Å². The Morgan fingerprint density at radius 1 is 1.09 bits per heavy atom. The maximum atomic E-state index is 12.9. The molecule has 2 aromatic carbocycles. The summed E-state index contributed by atoms with van der Waals surface area (Å²) in [5.74, 6) is -1.16. The van der Waals surface area contributed by atoms with E-state index in [0.29, 0.717) is 21.4 Å². The number of furan rings is 1. The zero-order valence-electron chi connectivity index (χ0n) is 16.5. The second kappa shape index (κ2) is 8.23. The third-order valence-electron chi connectivity index (χ3n) is 4.77. The second-order valence-electron chi connectivity index (χ2n) is 6.90. The van der Waals surface area contributed by atoms with E-state index in [9.17, 15) is 24.5 Å². The summed E-state index contributed by atoms with van der Waals surface area (Å²) in [5, 5.41) is 13.3. The third-order valence-corrected chi connectivity index (χ3v) is 5.27. The summed E-state index contributed by atoms with van der Waals surface area (Å²) in [7, 11) is 0. The molecule has 1 fully saturated rings. The van der Waals surface area contributed by atoms with Gasteiger partial charge in [0.15, 0.2) is 0 Å². The molecule has 4 rings (SSSR count). The van der Waals surface area contributed by atoms with Crippen LogP contribution in [0.3, 0.4) is 0 Å². The molecule has 0 unspecified atom stereocenters. The van der Waals surface area contributed by atoms with Gasteiger partial charge < -0.3 is 4.42 Å². The van der Waals surface area contributed by atoms with Crippen molar-refractivity contribution in [1.29, 1.82) is 0 Å². The lowest BCUT2D eigenvalue weighted by molar-refractivity contribution is -0.385. The number of nitrogens with zero attached hydrogens (tertiary/aromatic N) is 2. The number of aryl methyl sites for hydroxylation is 1. The van der Waals surface area contributed by atoms with Crippen molar-refractivity contribution in [2.75, 3.05) is 4.90 Å². The summed E-state index contributed by atoms with van der Waals surface area (Å²) >= 11 is 3.28. The van der Waals surface area contributed by atoms with Gasteiger partial charge in [-0.1, -0.05) is 34.1 Å². The van der Waals surface area contributed by atoms with Crippen LogP contribution in [0.2, 0.25) is 0 Å². The number of halogens is 1. The summed E-state index contributed by atoms with van der Waals surface area (Å²) in [6, 6.07) is 13.4. The normalized spacial score (nSPS) is 15.2. The van der Waals surface area contributed by atoms with Crippen molar-refractivity contribution in [2.24, 2.45) is 0 Å². The summed E-state index contributed by atoms with van der Waals surface area (Å²) in [6.07, 6.45) is 1.22.